The number of nitrogens with one attached hydrogen (secondary N) is 2. The van der Waals surface area contributed by atoms with Gasteiger partial charge in [0.2, 0.25) is 5.91 Å². The molecule has 0 saturated carbocycles. The summed E-state index contributed by atoms with van der Waals surface area (Å²) in [5.41, 5.74) is 5.53. The number of hydrogen-bond acceptors (Lipinski definition) is 4. The van der Waals surface area contributed by atoms with Gasteiger partial charge >= 0.3 is 0 Å². The van der Waals surface area contributed by atoms with Gasteiger partial charge in [0.15, 0.2) is 0 Å². The maximum atomic E-state index is 11.4. The van der Waals surface area contributed by atoms with Crippen molar-refractivity contribution < 1.29 is 4.79 Å². The number of rotatable bonds is 4. The first kappa shape index (κ1) is 11.2. The molecule has 0 aliphatic rings. The molecule has 0 aliphatic carbocycles. The Bertz CT molecular complexity index is 353. The fourth-order valence-corrected chi connectivity index (χ4v) is 1.03. The lowest BCUT2D eigenvalue weighted by Gasteiger charge is -2.13. The number of terminal acetylenes is 1. The van der Waals surface area contributed by atoms with E-state index in [0.717, 1.165) is 0 Å². The Morgan fingerprint density at radius 3 is 3.13 bits per heavy atom. The van der Waals surface area contributed by atoms with E-state index in [4.69, 9.17) is 12.2 Å². The van der Waals surface area contributed by atoms with E-state index in [2.05, 4.69) is 26.4 Å². The zero-order valence-corrected chi connectivity index (χ0v) is 8.40. The van der Waals surface area contributed by atoms with Gasteiger partial charge in [-0.25, -0.2) is 4.98 Å². The van der Waals surface area contributed by atoms with Crippen molar-refractivity contribution in [3.8, 4) is 12.3 Å². The molecule has 6 nitrogen and oxygen atoms in total. The minimum atomic E-state index is -0.680. The molecule has 1 aromatic rings. The highest BCUT2D eigenvalue weighted by molar-refractivity contribution is 5.82. The van der Waals surface area contributed by atoms with Gasteiger partial charge in [-0.15, -0.1) is 12.3 Å². The van der Waals surface area contributed by atoms with Crippen LogP contribution in [-0.2, 0) is 4.79 Å². The predicted molar refractivity (Wildman–Crippen MR) is 54.4 cm³/mol. The van der Waals surface area contributed by atoms with Crippen molar-refractivity contribution in [1.29, 1.82) is 0 Å². The third-order valence-corrected chi connectivity index (χ3v) is 1.88. The largest absolute Gasteiger partial charge is 0.345 e. The summed E-state index contributed by atoms with van der Waals surface area (Å²) in [7, 11) is 0. The molecule has 0 saturated heterocycles. The van der Waals surface area contributed by atoms with Crippen molar-refractivity contribution in [3.63, 3.8) is 0 Å². The quantitative estimate of drug-likeness (QED) is 0.570. The SMILES string of the molecule is C#CCC(N)C(=O)NC(C)c1ncn[nH]1. The fraction of sp³-hybridized carbons (Fsp3) is 0.444. The highest BCUT2D eigenvalue weighted by Crippen LogP contribution is 2.04. The number of amides is 1. The molecule has 2 unspecified atom stereocenters. The van der Waals surface area contributed by atoms with Crippen LogP contribution in [0.2, 0.25) is 0 Å². The Morgan fingerprint density at radius 1 is 1.87 bits per heavy atom. The maximum Gasteiger partial charge on any atom is 0.238 e. The Kier molecular flexibility index (Phi) is 3.83. The first-order valence-electron chi connectivity index (χ1n) is 4.49. The molecule has 1 heterocycles. The summed E-state index contributed by atoms with van der Waals surface area (Å²) in [6, 6.07) is -0.941. The third kappa shape index (κ3) is 3.07. The van der Waals surface area contributed by atoms with Crippen LogP contribution < -0.4 is 11.1 Å². The second kappa shape index (κ2) is 5.12. The van der Waals surface area contributed by atoms with Crippen LogP contribution in [0.25, 0.3) is 0 Å². The van der Waals surface area contributed by atoms with Gasteiger partial charge in [-0.2, -0.15) is 5.10 Å². The number of aromatic nitrogens is 3. The molecule has 0 fully saturated rings. The summed E-state index contributed by atoms with van der Waals surface area (Å²) < 4.78 is 0. The molecule has 0 bridgehead atoms. The highest BCUT2D eigenvalue weighted by atomic mass is 16.2. The highest BCUT2D eigenvalue weighted by Gasteiger charge is 2.16. The first-order valence-corrected chi connectivity index (χ1v) is 4.49. The van der Waals surface area contributed by atoms with E-state index < -0.39 is 6.04 Å². The van der Waals surface area contributed by atoms with E-state index in [-0.39, 0.29) is 18.4 Å². The molecule has 0 aliphatic heterocycles. The average Bonchev–Trinajstić information content (AvgIpc) is 2.70. The van der Waals surface area contributed by atoms with Crippen molar-refractivity contribution in [2.45, 2.75) is 25.4 Å². The van der Waals surface area contributed by atoms with E-state index in [1.807, 2.05) is 0 Å². The molecule has 1 rings (SSSR count). The van der Waals surface area contributed by atoms with Crippen LogP contribution in [0.15, 0.2) is 6.33 Å². The van der Waals surface area contributed by atoms with Gasteiger partial charge in [-0.1, -0.05) is 0 Å². The van der Waals surface area contributed by atoms with E-state index in [1.165, 1.54) is 6.33 Å². The summed E-state index contributed by atoms with van der Waals surface area (Å²) in [4.78, 5) is 15.4. The molecular formula is C9H13N5O. The van der Waals surface area contributed by atoms with Crippen LogP contribution in [0.1, 0.15) is 25.2 Å². The molecule has 2 atom stereocenters. The van der Waals surface area contributed by atoms with Crippen LogP contribution >= 0.6 is 0 Å². The second-order valence-corrected chi connectivity index (χ2v) is 3.12. The summed E-state index contributed by atoms with van der Waals surface area (Å²) in [6.45, 7) is 1.78. The van der Waals surface area contributed by atoms with Gasteiger partial charge < -0.3 is 11.1 Å². The molecule has 4 N–H and O–H groups in total. The molecular weight excluding hydrogens is 194 g/mol. The lowest BCUT2D eigenvalue weighted by Crippen LogP contribution is -2.41. The van der Waals surface area contributed by atoms with Crippen LogP contribution in [0.5, 0.6) is 0 Å². The monoisotopic (exact) mass is 207 g/mol. The molecule has 0 radical (unpaired) electrons. The number of hydrogen-bond donors (Lipinski definition) is 3. The van der Waals surface area contributed by atoms with Gasteiger partial charge in [0.25, 0.3) is 0 Å². The number of carbonyl (C=O) groups excluding carboxylic acids is 1. The van der Waals surface area contributed by atoms with Crippen molar-refractivity contribution >= 4 is 5.91 Å². The number of nitrogens with two attached hydrogens (primary N) is 1. The van der Waals surface area contributed by atoms with E-state index in [0.29, 0.717) is 5.82 Å². The smallest absolute Gasteiger partial charge is 0.238 e. The zero-order valence-electron chi connectivity index (χ0n) is 8.40. The third-order valence-electron chi connectivity index (χ3n) is 1.88. The van der Waals surface area contributed by atoms with E-state index in [9.17, 15) is 4.79 Å². The van der Waals surface area contributed by atoms with Gasteiger partial charge in [0.05, 0.1) is 12.1 Å². The summed E-state index contributed by atoms with van der Waals surface area (Å²) in [6.07, 6.45) is 6.65. The Morgan fingerprint density at radius 2 is 2.60 bits per heavy atom. The fourth-order valence-electron chi connectivity index (χ4n) is 1.03. The Labute approximate surface area is 87.7 Å². The van der Waals surface area contributed by atoms with Crippen LogP contribution in [-0.4, -0.2) is 27.1 Å². The topological polar surface area (TPSA) is 96.7 Å². The van der Waals surface area contributed by atoms with Crippen molar-refractivity contribution in [3.05, 3.63) is 12.2 Å². The minimum absolute atomic E-state index is 0.217. The standard InChI is InChI=1S/C9H13N5O/c1-3-4-7(10)9(15)13-6(2)8-11-5-12-14-8/h1,5-7H,4,10H2,2H3,(H,13,15)(H,11,12,14). The lowest BCUT2D eigenvalue weighted by atomic mass is 10.2. The van der Waals surface area contributed by atoms with Crippen LogP contribution in [0.4, 0.5) is 0 Å². The number of nitrogens with zero attached hydrogens (tertiary/aromatic N) is 2. The molecule has 6 heteroatoms. The molecule has 1 amide bonds. The molecule has 15 heavy (non-hydrogen) atoms. The Balaban J connectivity index is 2.49. The van der Waals surface area contributed by atoms with Crippen molar-refractivity contribution in [1.82, 2.24) is 20.5 Å². The van der Waals surface area contributed by atoms with Crippen LogP contribution in [0, 0.1) is 12.3 Å². The normalized spacial score (nSPS) is 13.9. The maximum absolute atomic E-state index is 11.4. The van der Waals surface area contributed by atoms with E-state index >= 15 is 0 Å². The summed E-state index contributed by atoms with van der Waals surface area (Å²) >= 11 is 0. The van der Waals surface area contributed by atoms with Gasteiger partial charge in [0, 0.05) is 6.42 Å². The first-order chi connectivity index (χ1) is 7.15. The average molecular weight is 207 g/mol. The summed E-state index contributed by atoms with van der Waals surface area (Å²) in [5, 5.41) is 9.01. The number of carbonyl (C=O) groups is 1. The summed E-state index contributed by atoms with van der Waals surface area (Å²) in [5.74, 6) is 2.62. The zero-order chi connectivity index (χ0) is 11.3. The van der Waals surface area contributed by atoms with Gasteiger partial charge in [-0.05, 0) is 6.92 Å². The second-order valence-electron chi connectivity index (χ2n) is 3.12. The number of aromatic amines is 1. The van der Waals surface area contributed by atoms with Gasteiger partial charge in [0.1, 0.15) is 12.2 Å². The van der Waals surface area contributed by atoms with Crippen LogP contribution in [0.3, 0.4) is 0 Å². The lowest BCUT2D eigenvalue weighted by molar-refractivity contribution is -0.122. The molecule has 0 spiro atoms. The molecule has 80 valence electrons. The van der Waals surface area contributed by atoms with Crippen molar-refractivity contribution in [2.75, 3.05) is 0 Å². The van der Waals surface area contributed by atoms with Gasteiger partial charge in [-0.3, -0.25) is 9.89 Å². The minimum Gasteiger partial charge on any atom is -0.345 e. The Hall–Kier alpha value is -1.87. The molecule has 1 aromatic heterocycles. The van der Waals surface area contributed by atoms with Crippen molar-refractivity contribution in [2.24, 2.45) is 5.73 Å². The predicted octanol–water partition coefficient (Wildman–Crippen LogP) is -0.667. The van der Waals surface area contributed by atoms with E-state index in [1.54, 1.807) is 6.92 Å². The molecule has 0 aromatic carbocycles. The number of H-pyrrole nitrogens is 1.